The van der Waals surface area contributed by atoms with Crippen molar-refractivity contribution in [2.75, 3.05) is 0 Å². The molecule has 0 spiro atoms. The van der Waals surface area contributed by atoms with Crippen LogP contribution >= 0.6 is 10.7 Å². The Balaban J connectivity index is 2.22. The Morgan fingerprint density at radius 3 is 2.64 bits per heavy atom. The number of benzene rings is 1. The molecule has 2 atom stereocenters. The standard InChI is InChI=1S/C9H8ClFO2S/c10-14(12,13)9-5-8(9)6-2-1-3-7(11)4-6/h1-4,8-9H,5H2/t8-,9-/m1/s1. The molecule has 0 aliphatic heterocycles. The number of halogens is 2. The van der Waals surface area contributed by atoms with Gasteiger partial charge >= 0.3 is 0 Å². The highest BCUT2D eigenvalue weighted by molar-refractivity contribution is 8.14. The van der Waals surface area contributed by atoms with Crippen LogP contribution in [0.4, 0.5) is 4.39 Å². The van der Waals surface area contributed by atoms with Gasteiger partial charge in [0.1, 0.15) is 5.82 Å². The minimum atomic E-state index is -3.49. The van der Waals surface area contributed by atoms with E-state index in [-0.39, 0.29) is 11.7 Å². The van der Waals surface area contributed by atoms with Gasteiger partial charge in [0.25, 0.3) is 0 Å². The Kier molecular flexibility index (Phi) is 2.27. The lowest BCUT2D eigenvalue weighted by atomic mass is 10.1. The summed E-state index contributed by atoms with van der Waals surface area (Å²) in [5, 5.41) is -0.536. The zero-order chi connectivity index (χ0) is 10.3. The molecular weight excluding hydrogens is 227 g/mol. The normalized spacial score (nSPS) is 26.1. The summed E-state index contributed by atoms with van der Waals surface area (Å²) in [5.41, 5.74) is 0.708. The molecule has 0 bridgehead atoms. The third kappa shape index (κ3) is 1.91. The summed E-state index contributed by atoms with van der Waals surface area (Å²) in [7, 11) is 1.70. The number of rotatable bonds is 2. The van der Waals surface area contributed by atoms with E-state index >= 15 is 0 Å². The molecule has 1 aliphatic rings. The maximum absolute atomic E-state index is 12.8. The highest BCUT2D eigenvalue weighted by Crippen LogP contribution is 2.47. The molecule has 1 saturated carbocycles. The van der Waals surface area contributed by atoms with Gasteiger partial charge in [0.2, 0.25) is 9.05 Å². The van der Waals surface area contributed by atoms with Crippen molar-refractivity contribution >= 4 is 19.7 Å². The second-order valence-electron chi connectivity index (χ2n) is 3.41. The zero-order valence-corrected chi connectivity index (χ0v) is 8.72. The molecule has 1 aromatic rings. The largest absolute Gasteiger partial charge is 0.236 e. The average Bonchev–Trinajstić information content (AvgIpc) is 2.81. The van der Waals surface area contributed by atoms with Crippen molar-refractivity contribution in [3.05, 3.63) is 35.6 Å². The molecule has 1 aliphatic carbocycles. The van der Waals surface area contributed by atoms with Crippen LogP contribution in [0.5, 0.6) is 0 Å². The Bertz CT molecular complexity index is 458. The molecule has 0 N–H and O–H groups in total. The van der Waals surface area contributed by atoms with Gasteiger partial charge in [0.05, 0.1) is 5.25 Å². The first kappa shape index (κ1) is 9.93. The van der Waals surface area contributed by atoms with Crippen LogP contribution in [0, 0.1) is 5.82 Å². The summed E-state index contributed by atoms with van der Waals surface area (Å²) in [5.74, 6) is -0.478. The van der Waals surface area contributed by atoms with E-state index in [4.69, 9.17) is 10.7 Å². The lowest BCUT2D eigenvalue weighted by Gasteiger charge is -1.98. The van der Waals surface area contributed by atoms with Gasteiger partial charge in [-0.2, -0.15) is 0 Å². The number of hydrogen-bond acceptors (Lipinski definition) is 2. The lowest BCUT2D eigenvalue weighted by Crippen LogP contribution is -1.99. The van der Waals surface area contributed by atoms with Gasteiger partial charge in [0, 0.05) is 16.6 Å². The van der Waals surface area contributed by atoms with Crippen molar-refractivity contribution in [3.63, 3.8) is 0 Å². The first-order valence-electron chi connectivity index (χ1n) is 4.17. The lowest BCUT2D eigenvalue weighted by molar-refractivity contribution is 0.607. The molecule has 0 unspecified atom stereocenters. The molecule has 0 heterocycles. The fourth-order valence-electron chi connectivity index (χ4n) is 1.57. The molecule has 14 heavy (non-hydrogen) atoms. The Morgan fingerprint density at radius 2 is 2.14 bits per heavy atom. The van der Waals surface area contributed by atoms with Crippen molar-refractivity contribution in [1.29, 1.82) is 0 Å². The molecule has 76 valence electrons. The molecule has 5 heteroatoms. The second kappa shape index (κ2) is 3.21. The van der Waals surface area contributed by atoms with Crippen LogP contribution in [0.25, 0.3) is 0 Å². The van der Waals surface area contributed by atoms with E-state index in [0.29, 0.717) is 12.0 Å². The van der Waals surface area contributed by atoms with Crippen molar-refractivity contribution in [2.24, 2.45) is 0 Å². The fourth-order valence-corrected chi connectivity index (χ4v) is 3.15. The number of hydrogen-bond donors (Lipinski definition) is 0. The minimum Gasteiger partial charge on any atom is -0.212 e. The summed E-state index contributed by atoms with van der Waals surface area (Å²) in [6.45, 7) is 0. The van der Waals surface area contributed by atoms with E-state index in [2.05, 4.69) is 0 Å². The van der Waals surface area contributed by atoms with Gasteiger partial charge in [-0.25, -0.2) is 12.8 Å². The van der Waals surface area contributed by atoms with Gasteiger partial charge in [-0.1, -0.05) is 12.1 Å². The summed E-state index contributed by atoms with van der Waals surface area (Å²) in [6.07, 6.45) is 0.495. The topological polar surface area (TPSA) is 34.1 Å². The van der Waals surface area contributed by atoms with Crippen LogP contribution in [0.2, 0.25) is 0 Å². The Hall–Kier alpha value is -0.610. The summed E-state index contributed by atoms with van der Waals surface area (Å²) in [6, 6.07) is 5.97. The molecule has 0 saturated heterocycles. The third-order valence-electron chi connectivity index (χ3n) is 2.37. The van der Waals surface area contributed by atoms with E-state index < -0.39 is 14.3 Å². The zero-order valence-electron chi connectivity index (χ0n) is 7.15. The molecule has 2 nitrogen and oxygen atoms in total. The van der Waals surface area contributed by atoms with E-state index in [1.165, 1.54) is 12.1 Å². The van der Waals surface area contributed by atoms with Gasteiger partial charge < -0.3 is 0 Å². The van der Waals surface area contributed by atoms with Crippen molar-refractivity contribution in [2.45, 2.75) is 17.6 Å². The van der Waals surface area contributed by atoms with Gasteiger partial charge in [-0.3, -0.25) is 0 Å². The monoisotopic (exact) mass is 234 g/mol. The quantitative estimate of drug-likeness (QED) is 0.736. The van der Waals surface area contributed by atoms with E-state index in [1.54, 1.807) is 12.1 Å². The SMILES string of the molecule is O=S(=O)(Cl)[C@@H]1C[C@@H]1c1cccc(F)c1. The van der Waals surface area contributed by atoms with Gasteiger partial charge in [-0.05, 0) is 24.1 Å². The van der Waals surface area contributed by atoms with Crippen LogP contribution in [0.15, 0.2) is 24.3 Å². The highest BCUT2D eigenvalue weighted by atomic mass is 35.7. The van der Waals surface area contributed by atoms with E-state index in [9.17, 15) is 12.8 Å². The highest BCUT2D eigenvalue weighted by Gasteiger charge is 2.47. The van der Waals surface area contributed by atoms with Crippen LogP contribution in [0.3, 0.4) is 0 Å². The Labute approximate surface area is 86.1 Å². The predicted molar refractivity (Wildman–Crippen MR) is 52.3 cm³/mol. The van der Waals surface area contributed by atoms with Gasteiger partial charge in [0.15, 0.2) is 0 Å². The second-order valence-corrected chi connectivity index (χ2v) is 6.26. The fraction of sp³-hybridized carbons (Fsp3) is 0.333. The van der Waals surface area contributed by atoms with Crippen LogP contribution in [-0.2, 0) is 9.05 Å². The van der Waals surface area contributed by atoms with Crippen molar-refractivity contribution in [1.82, 2.24) is 0 Å². The smallest absolute Gasteiger partial charge is 0.212 e. The Morgan fingerprint density at radius 1 is 1.43 bits per heavy atom. The molecular formula is C9H8ClFO2S. The molecule has 1 fully saturated rings. The van der Waals surface area contributed by atoms with Crippen LogP contribution in [0.1, 0.15) is 17.9 Å². The first-order valence-corrected chi connectivity index (χ1v) is 6.54. The molecule has 2 rings (SSSR count). The predicted octanol–water partition coefficient (Wildman–Crippen LogP) is 2.25. The van der Waals surface area contributed by atoms with Gasteiger partial charge in [-0.15, -0.1) is 0 Å². The summed E-state index contributed by atoms with van der Waals surface area (Å²) in [4.78, 5) is 0. The third-order valence-corrected chi connectivity index (χ3v) is 4.30. The minimum absolute atomic E-state index is 0.131. The van der Waals surface area contributed by atoms with Crippen molar-refractivity contribution < 1.29 is 12.8 Å². The first-order chi connectivity index (χ1) is 6.48. The summed E-state index contributed by atoms with van der Waals surface area (Å²) < 4.78 is 34.7. The van der Waals surface area contributed by atoms with Crippen LogP contribution in [-0.4, -0.2) is 13.7 Å². The molecule has 0 amide bonds. The van der Waals surface area contributed by atoms with E-state index in [1.807, 2.05) is 0 Å². The molecule has 0 aromatic heterocycles. The maximum atomic E-state index is 12.8. The average molecular weight is 235 g/mol. The maximum Gasteiger partial charge on any atom is 0.236 e. The molecule has 0 radical (unpaired) electrons. The van der Waals surface area contributed by atoms with Crippen LogP contribution < -0.4 is 0 Å². The van der Waals surface area contributed by atoms with Crippen molar-refractivity contribution in [3.8, 4) is 0 Å². The van der Waals surface area contributed by atoms with E-state index in [0.717, 1.165) is 0 Å². The molecule has 1 aromatic carbocycles. The summed E-state index contributed by atoms with van der Waals surface area (Å²) >= 11 is 0.